The average Bonchev–Trinajstić information content (AvgIpc) is 3.03. The molecule has 0 bridgehead atoms. The first kappa shape index (κ1) is 37.7. The van der Waals surface area contributed by atoms with Crippen molar-refractivity contribution in [2.45, 2.75) is 89.3 Å². The summed E-state index contributed by atoms with van der Waals surface area (Å²) in [6.45, 7) is 6.21. The topological polar surface area (TPSA) is 137 Å². The number of nitrogens with zero attached hydrogens (tertiary/aromatic N) is 1. The standard InChI is InChI=1S/C35H46F2N4O5S/c1-4-9-30(10-5-2)47(45,46)23-32(41-34(43)27-13-8-14-38-21-27)35(44)40-31(18-26-16-28(36)19-29(37)17-26)33(42)22-39-20-25-12-7-11-24(6-3)15-25/h7-8,11-17,19,21,30-33,39,42H,4-6,9-10,18,20,22-23H2,1-3H3,(H,40,44)(H,41,43)/t31-,32?,33+/m0/s1. The first-order valence-corrected chi connectivity index (χ1v) is 17.8. The molecule has 0 aliphatic rings. The van der Waals surface area contributed by atoms with E-state index in [1.807, 2.05) is 45.0 Å². The molecule has 256 valence electrons. The molecule has 1 aromatic heterocycles. The number of aryl methyl sites for hydroxylation is 1. The van der Waals surface area contributed by atoms with Crippen LogP contribution in [0, 0.1) is 11.6 Å². The summed E-state index contributed by atoms with van der Waals surface area (Å²) in [6, 6.07) is 11.2. The van der Waals surface area contributed by atoms with E-state index in [9.17, 15) is 31.9 Å². The van der Waals surface area contributed by atoms with Crippen molar-refractivity contribution in [3.63, 3.8) is 0 Å². The van der Waals surface area contributed by atoms with Crippen LogP contribution in [-0.4, -0.2) is 66.1 Å². The summed E-state index contributed by atoms with van der Waals surface area (Å²) in [5.74, 6) is -3.86. The molecule has 2 amide bonds. The highest BCUT2D eigenvalue weighted by atomic mass is 32.2. The number of amides is 2. The summed E-state index contributed by atoms with van der Waals surface area (Å²) in [5.41, 5.74) is 2.44. The van der Waals surface area contributed by atoms with Crippen molar-refractivity contribution in [2.24, 2.45) is 0 Å². The highest BCUT2D eigenvalue weighted by molar-refractivity contribution is 7.92. The molecule has 0 spiro atoms. The van der Waals surface area contributed by atoms with E-state index in [1.54, 1.807) is 0 Å². The van der Waals surface area contributed by atoms with Gasteiger partial charge in [-0.25, -0.2) is 17.2 Å². The van der Waals surface area contributed by atoms with Crippen LogP contribution >= 0.6 is 0 Å². The van der Waals surface area contributed by atoms with Crippen LogP contribution in [0.15, 0.2) is 67.0 Å². The Bertz CT molecular complexity index is 1530. The van der Waals surface area contributed by atoms with Gasteiger partial charge in [-0.1, -0.05) is 57.9 Å². The summed E-state index contributed by atoms with van der Waals surface area (Å²) >= 11 is 0. The van der Waals surface area contributed by atoms with Gasteiger partial charge in [0.25, 0.3) is 5.91 Å². The average molecular weight is 673 g/mol. The number of carbonyl (C=O) groups is 2. The predicted molar refractivity (Wildman–Crippen MR) is 178 cm³/mol. The minimum atomic E-state index is -3.86. The molecule has 3 aromatic rings. The molecular weight excluding hydrogens is 626 g/mol. The second-order valence-corrected chi connectivity index (χ2v) is 14.1. The van der Waals surface area contributed by atoms with Crippen LogP contribution in [0.25, 0.3) is 0 Å². The van der Waals surface area contributed by atoms with Gasteiger partial charge in [-0.15, -0.1) is 0 Å². The second kappa shape index (κ2) is 18.6. The maximum Gasteiger partial charge on any atom is 0.253 e. The third kappa shape index (κ3) is 12.1. The fraction of sp³-hybridized carbons (Fsp3) is 0.457. The summed E-state index contributed by atoms with van der Waals surface area (Å²) in [6.07, 6.45) is 4.26. The number of hydrogen-bond donors (Lipinski definition) is 4. The van der Waals surface area contributed by atoms with Crippen LogP contribution in [-0.2, 0) is 34.0 Å². The van der Waals surface area contributed by atoms with E-state index in [-0.39, 0.29) is 24.1 Å². The van der Waals surface area contributed by atoms with Crippen LogP contribution in [0.2, 0.25) is 0 Å². The molecule has 0 fully saturated rings. The molecule has 2 aromatic carbocycles. The lowest BCUT2D eigenvalue weighted by atomic mass is 10.00. The van der Waals surface area contributed by atoms with Gasteiger partial charge in [0.15, 0.2) is 9.84 Å². The van der Waals surface area contributed by atoms with Gasteiger partial charge in [0.1, 0.15) is 17.7 Å². The normalized spacial score (nSPS) is 13.6. The highest BCUT2D eigenvalue weighted by Gasteiger charge is 2.34. The summed E-state index contributed by atoms with van der Waals surface area (Å²) < 4.78 is 55.3. The number of carbonyl (C=O) groups excluding carboxylic acids is 2. The van der Waals surface area contributed by atoms with Crippen LogP contribution in [0.1, 0.15) is 73.5 Å². The molecule has 3 rings (SSSR count). The molecule has 0 aliphatic heterocycles. The largest absolute Gasteiger partial charge is 0.390 e. The third-order valence-electron chi connectivity index (χ3n) is 7.93. The predicted octanol–water partition coefficient (Wildman–Crippen LogP) is 4.28. The van der Waals surface area contributed by atoms with Gasteiger partial charge in [0.05, 0.1) is 28.7 Å². The van der Waals surface area contributed by atoms with Crippen molar-refractivity contribution < 1.29 is 31.9 Å². The van der Waals surface area contributed by atoms with Crippen LogP contribution < -0.4 is 16.0 Å². The maximum absolute atomic E-state index is 14.1. The molecule has 0 saturated carbocycles. The van der Waals surface area contributed by atoms with Crippen molar-refractivity contribution >= 4 is 21.7 Å². The lowest BCUT2D eigenvalue weighted by Crippen LogP contribution is -2.57. The Morgan fingerprint density at radius 3 is 2.19 bits per heavy atom. The number of hydrogen-bond acceptors (Lipinski definition) is 7. The quantitative estimate of drug-likeness (QED) is 0.149. The molecule has 47 heavy (non-hydrogen) atoms. The number of nitrogens with one attached hydrogen (secondary N) is 3. The zero-order valence-corrected chi connectivity index (χ0v) is 28.0. The van der Waals surface area contributed by atoms with Crippen LogP contribution in [0.3, 0.4) is 0 Å². The number of halogens is 2. The lowest BCUT2D eigenvalue weighted by Gasteiger charge is -2.28. The van der Waals surface area contributed by atoms with Gasteiger partial charge in [-0.05, 0) is 66.6 Å². The molecule has 0 radical (unpaired) electrons. The number of sulfone groups is 1. The maximum atomic E-state index is 14.1. The van der Waals surface area contributed by atoms with Gasteiger partial charge in [0.2, 0.25) is 5.91 Å². The van der Waals surface area contributed by atoms with Gasteiger partial charge in [-0.2, -0.15) is 0 Å². The molecule has 0 saturated heterocycles. The summed E-state index contributed by atoms with van der Waals surface area (Å²) in [5, 5.41) is 18.9. The fourth-order valence-electron chi connectivity index (χ4n) is 5.45. The summed E-state index contributed by atoms with van der Waals surface area (Å²) in [7, 11) is -3.86. The van der Waals surface area contributed by atoms with Crippen LogP contribution in [0.5, 0.6) is 0 Å². The van der Waals surface area contributed by atoms with Gasteiger partial charge in [0, 0.05) is 31.5 Å². The Morgan fingerprint density at radius 1 is 0.894 bits per heavy atom. The van der Waals surface area contributed by atoms with E-state index >= 15 is 0 Å². The molecular formula is C35H46F2N4O5S. The van der Waals surface area contributed by atoms with Gasteiger partial charge in [-0.3, -0.25) is 14.6 Å². The molecule has 1 heterocycles. The third-order valence-corrected chi connectivity index (χ3v) is 10.2. The number of rotatable bonds is 19. The van der Waals surface area contributed by atoms with Crippen molar-refractivity contribution in [1.29, 1.82) is 0 Å². The molecule has 3 atom stereocenters. The lowest BCUT2D eigenvalue weighted by molar-refractivity contribution is -0.124. The van der Waals surface area contributed by atoms with Crippen molar-refractivity contribution in [1.82, 2.24) is 20.9 Å². The first-order valence-electron chi connectivity index (χ1n) is 16.1. The summed E-state index contributed by atoms with van der Waals surface area (Å²) in [4.78, 5) is 30.9. The minimum Gasteiger partial charge on any atom is -0.390 e. The molecule has 9 nitrogen and oxygen atoms in total. The Morgan fingerprint density at radius 2 is 1.57 bits per heavy atom. The number of benzene rings is 2. The number of aliphatic hydroxyl groups excluding tert-OH is 1. The molecule has 12 heteroatoms. The number of pyridine rings is 1. The molecule has 4 N–H and O–H groups in total. The molecule has 0 aliphatic carbocycles. The highest BCUT2D eigenvalue weighted by Crippen LogP contribution is 2.18. The minimum absolute atomic E-state index is 0.000813. The number of aromatic nitrogens is 1. The zero-order valence-electron chi connectivity index (χ0n) is 27.2. The Balaban J connectivity index is 1.87. The number of aliphatic hydroxyl groups is 1. The van der Waals surface area contributed by atoms with E-state index in [0.717, 1.165) is 35.7 Å². The van der Waals surface area contributed by atoms with Gasteiger partial charge < -0.3 is 21.1 Å². The monoisotopic (exact) mass is 672 g/mol. The van der Waals surface area contributed by atoms with E-state index in [0.29, 0.717) is 32.2 Å². The van der Waals surface area contributed by atoms with Gasteiger partial charge >= 0.3 is 0 Å². The van der Waals surface area contributed by atoms with E-state index in [1.165, 1.54) is 24.5 Å². The Kier molecular flexibility index (Phi) is 14.9. The van der Waals surface area contributed by atoms with Crippen molar-refractivity contribution in [3.05, 3.63) is 101 Å². The Labute approximate surface area is 276 Å². The zero-order chi connectivity index (χ0) is 34.4. The first-order chi connectivity index (χ1) is 22.4. The second-order valence-electron chi connectivity index (χ2n) is 11.8. The smallest absolute Gasteiger partial charge is 0.253 e. The van der Waals surface area contributed by atoms with Crippen molar-refractivity contribution in [3.8, 4) is 0 Å². The van der Waals surface area contributed by atoms with Crippen LogP contribution in [0.4, 0.5) is 8.78 Å². The van der Waals surface area contributed by atoms with Crippen molar-refractivity contribution in [2.75, 3.05) is 12.3 Å². The molecule has 1 unspecified atom stereocenters. The van der Waals surface area contributed by atoms with E-state index in [4.69, 9.17) is 0 Å². The van der Waals surface area contributed by atoms with E-state index in [2.05, 4.69) is 20.9 Å². The SMILES string of the molecule is CCCC(CCC)S(=O)(=O)CC(NC(=O)c1cccnc1)C(=O)N[C@@H](Cc1cc(F)cc(F)c1)[C@H](O)CNCc1cccc(CC)c1. The fourth-order valence-corrected chi connectivity index (χ4v) is 7.61. The Hall–Kier alpha value is -3.74. The van der Waals surface area contributed by atoms with E-state index < -0.39 is 62.5 Å².